The largest absolute Gasteiger partial charge is 0.309 e. The van der Waals surface area contributed by atoms with Gasteiger partial charge in [0, 0.05) is 115 Å². The third-order valence-corrected chi connectivity index (χ3v) is 27.5. The number of aromatic nitrogens is 9. The minimum absolute atomic E-state index is 0.718. The fourth-order valence-corrected chi connectivity index (χ4v) is 21.8. The lowest BCUT2D eigenvalue weighted by Crippen LogP contribution is -1.99. The predicted octanol–water partition coefficient (Wildman–Crippen LogP) is 32.3. The number of para-hydroxylation sites is 10. The lowest BCUT2D eigenvalue weighted by Gasteiger charge is -2.14. The molecule has 0 fully saturated rings. The molecule has 21 aromatic carbocycles. The summed E-state index contributed by atoms with van der Waals surface area (Å²) in [7, 11) is 0. The van der Waals surface area contributed by atoms with Crippen LogP contribution in [0.1, 0.15) is 0 Å². The molecule has 0 radical (unpaired) electrons. The van der Waals surface area contributed by atoms with Gasteiger partial charge in [0.05, 0.1) is 95.3 Å². The molecule has 29 rings (SSSR count). The molecular weight excluding hydrogens is 1620 g/mol. The van der Waals surface area contributed by atoms with E-state index in [0.29, 0.717) is 0 Å². The normalized spacial score (nSPS) is 11.9. The maximum Gasteiger partial charge on any atom is 0.159 e. The molecule has 0 aliphatic carbocycles. The Morgan fingerprint density at radius 2 is 0.338 bits per heavy atom. The zero-order valence-electron chi connectivity index (χ0n) is 72.1. The molecule has 29 aromatic rings. The number of benzene rings is 21. The molecule has 0 N–H and O–H groups in total. The monoisotopic (exact) mass is 1690 g/mol. The summed E-state index contributed by atoms with van der Waals surface area (Å²) in [6.45, 7) is 0. The van der Waals surface area contributed by atoms with Crippen molar-refractivity contribution in [1.29, 1.82) is 0 Å². The lowest BCUT2D eigenvalue weighted by atomic mass is 9.94. The summed E-state index contributed by atoms with van der Waals surface area (Å²) in [5.41, 5.74) is 28.0. The Labute approximate surface area is 763 Å². The smallest absolute Gasteiger partial charge is 0.159 e. The van der Waals surface area contributed by atoms with Gasteiger partial charge in [0.2, 0.25) is 0 Å². The maximum absolute atomic E-state index is 4.78. The molecule has 0 aliphatic heterocycles. The second-order valence-corrected chi connectivity index (χ2v) is 34.7. The van der Waals surface area contributed by atoms with Crippen molar-refractivity contribution in [1.82, 2.24) is 41.9 Å². The predicted molar refractivity (Wildman–Crippen MR) is 559 cm³/mol. The first-order valence-electron chi connectivity index (χ1n) is 45.5. The van der Waals surface area contributed by atoms with Crippen LogP contribution in [0.2, 0.25) is 0 Å². The molecule has 0 atom stereocenters. The van der Waals surface area contributed by atoms with Crippen LogP contribution >= 0.6 is 0 Å². The molecule has 0 spiro atoms. The van der Waals surface area contributed by atoms with Crippen molar-refractivity contribution in [3.63, 3.8) is 0 Å². The van der Waals surface area contributed by atoms with E-state index >= 15 is 0 Å². The molecule has 0 saturated heterocycles. The summed E-state index contributed by atoms with van der Waals surface area (Å²) in [5, 5.41) is 25.3. The first kappa shape index (κ1) is 75.2. The van der Waals surface area contributed by atoms with E-state index in [-0.39, 0.29) is 0 Å². The van der Waals surface area contributed by atoms with Crippen LogP contribution in [0.25, 0.3) is 247 Å². The van der Waals surface area contributed by atoms with Gasteiger partial charge in [-0.25, -0.2) is 9.97 Å². The van der Waals surface area contributed by atoms with Crippen LogP contribution in [-0.2, 0) is 0 Å². The third-order valence-electron chi connectivity index (χ3n) is 27.5. The van der Waals surface area contributed by atoms with Crippen LogP contribution in [0.15, 0.2) is 480 Å². The van der Waals surface area contributed by atoms with E-state index in [1.54, 1.807) is 0 Å². The Bertz CT molecular complexity index is 9680. The fourth-order valence-electron chi connectivity index (χ4n) is 21.8. The molecule has 9 nitrogen and oxygen atoms in total. The summed E-state index contributed by atoms with van der Waals surface area (Å²) in [6.07, 6.45) is 3.87. The molecule has 0 saturated carbocycles. The molecule has 0 amide bonds. The van der Waals surface area contributed by atoms with Gasteiger partial charge in [-0.2, -0.15) is 0 Å². The number of rotatable bonds is 9. The van der Waals surface area contributed by atoms with Crippen LogP contribution < -0.4 is 0 Å². The van der Waals surface area contributed by atoms with Crippen molar-refractivity contribution >= 4 is 185 Å². The number of hydrogen-bond donors (Lipinski definition) is 0. The van der Waals surface area contributed by atoms with E-state index in [0.717, 1.165) is 50.7 Å². The van der Waals surface area contributed by atoms with Gasteiger partial charge in [0.1, 0.15) is 0 Å². The Morgan fingerprint density at radius 3 is 0.684 bits per heavy atom. The second kappa shape index (κ2) is 30.4. The SMILES string of the molecule is c1ccc(-c2cccc(-n3c4ccccc4c4cc5c6ccccc6n(-c6cnc(-c7ccccc7)nc6)c5cc43)c2)cc1.c1ccc(-n2c3ccccc3c3cc4c5ccccc5n(-c5ccc6c7ccccc7c7ccccc7c6c5)c4cc32)cc1.c1ccc(-n2c3ccccc3c3cc4c5ccccc5n(-c5cccc(-n6c7ccccc7c7ccccc76)c5)c4cc32)cc1. The van der Waals surface area contributed by atoms with Gasteiger partial charge in [0.15, 0.2) is 5.82 Å². The van der Waals surface area contributed by atoms with Crippen molar-refractivity contribution in [2.45, 2.75) is 0 Å². The number of fused-ring (bicyclic) bond motifs is 27. The first-order chi connectivity index (χ1) is 66.0. The van der Waals surface area contributed by atoms with E-state index in [9.17, 15) is 0 Å². The van der Waals surface area contributed by atoms with Crippen molar-refractivity contribution in [3.8, 4) is 62.3 Å². The minimum Gasteiger partial charge on any atom is -0.309 e. The van der Waals surface area contributed by atoms with Crippen molar-refractivity contribution < 1.29 is 0 Å². The molecule has 620 valence electrons. The molecule has 8 aromatic heterocycles. The highest BCUT2D eigenvalue weighted by atomic mass is 15.1. The summed E-state index contributed by atoms with van der Waals surface area (Å²) in [4.78, 5) is 9.56. The molecule has 133 heavy (non-hydrogen) atoms. The summed E-state index contributed by atoms with van der Waals surface area (Å²) < 4.78 is 16.8. The molecule has 0 bridgehead atoms. The first-order valence-corrected chi connectivity index (χ1v) is 45.5. The highest BCUT2D eigenvalue weighted by Crippen LogP contribution is 2.47. The van der Waals surface area contributed by atoms with Gasteiger partial charge >= 0.3 is 0 Å². The summed E-state index contributed by atoms with van der Waals surface area (Å²) >= 11 is 0. The average molecular weight is 1700 g/mol. The van der Waals surface area contributed by atoms with Gasteiger partial charge in [-0.1, -0.05) is 315 Å². The van der Waals surface area contributed by atoms with E-state index in [1.807, 2.05) is 42.7 Å². The molecular formula is C124H79N9. The highest BCUT2D eigenvalue weighted by molar-refractivity contribution is 6.27. The summed E-state index contributed by atoms with van der Waals surface area (Å²) in [6, 6.07) is 169. The second-order valence-electron chi connectivity index (χ2n) is 34.7. The fraction of sp³-hybridized carbons (Fsp3) is 0. The van der Waals surface area contributed by atoms with Crippen LogP contribution in [0.3, 0.4) is 0 Å². The lowest BCUT2D eigenvalue weighted by molar-refractivity contribution is 1.08. The molecule has 0 unspecified atom stereocenters. The zero-order valence-corrected chi connectivity index (χ0v) is 72.1. The maximum atomic E-state index is 4.78. The van der Waals surface area contributed by atoms with Crippen molar-refractivity contribution in [2.24, 2.45) is 0 Å². The van der Waals surface area contributed by atoms with Crippen molar-refractivity contribution in [3.05, 3.63) is 480 Å². The average Bonchev–Trinajstić information content (AvgIpc) is 1.57. The van der Waals surface area contributed by atoms with Crippen LogP contribution in [0, 0.1) is 0 Å². The quantitative estimate of drug-likeness (QED) is 0.135. The number of nitrogens with zero attached hydrogens (tertiary/aromatic N) is 9. The standard InChI is InChI=1S/C42H27N3.C42H26N2.C40H26N4/c1-2-13-28(14-3-1)43-39-23-10-6-19-33(39)35-26-36-34-20-7-11-24-40(34)45(42(36)27-41(35)43)30-16-12-15-29(25-30)44-37-21-8-4-17-31(37)32-18-5-9-22-38(32)44;1-2-12-27(13-3-1)43-39-20-10-8-18-34(39)37-25-38-35-19-9-11-21-40(35)44(42(38)26-41(37)43)28-22-23-33-31-16-5-4-14-29(31)30-15-6-7-17-32(30)36(33)24-28;1-3-12-27(13-4-1)29-16-11-17-30(22-29)43-36-20-9-7-18-32(36)34-23-35-33-19-8-10-21-37(33)44(39(35)24-38(34)43)31-25-41-40(42-26-31)28-14-5-2-6-15-28/h1-27H;2*1-26H. The van der Waals surface area contributed by atoms with Gasteiger partial charge in [-0.15, -0.1) is 0 Å². The van der Waals surface area contributed by atoms with Crippen LogP contribution in [0.5, 0.6) is 0 Å². The van der Waals surface area contributed by atoms with Gasteiger partial charge in [-0.05, 0) is 195 Å². The third kappa shape index (κ3) is 11.9. The molecule has 0 aliphatic rings. The van der Waals surface area contributed by atoms with Crippen LogP contribution in [0.4, 0.5) is 0 Å². The van der Waals surface area contributed by atoms with Gasteiger partial charge < -0.3 is 32.0 Å². The molecule has 8 heterocycles. The summed E-state index contributed by atoms with van der Waals surface area (Å²) in [5.74, 6) is 0.718. The van der Waals surface area contributed by atoms with E-state index in [1.165, 1.54) is 197 Å². The van der Waals surface area contributed by atoms with Crippen molar-refractivity contribution in [2.75, 3.05) is 0 Å². The van der Waals surface area contributed by atoms with E-state index < -0.39 is 0 Å². The zero-order chi connectivity index (χ0) is 87.3. The highest BCUT2D eigenvalue weighted by Gasteiger charge is 2.25. The Morgan fingerprint density at radius 1 is 0.113 bits per heavy atom. The Balaban J connectivity index is 0.000000102. The Hall–Kier alpha value is -17.9. The Kier molecular flexibility index (Phi) is 17.2. The van der Waals surface area contributed by atoms with E-state index in [2.05, 4.69) is 469 Å². The molecule has 9 heteroatoms. The van der Waals surface area contributed by atoms with Crippen LogP contribution in [-0.4, -0.2) is 41.9 Å². The number of hydrogen-bond acceptors (Lipinski definition) is 2. The minimum atomic E-state index is 0.718. The van der Waals surface area contributed by atoms with E-state index in [4.69, 9.17) is 9.97 Å². The van der Waals surface area contributed by atoms with Gasteiger partial charge in [0.25, 0.3) is 0 Å². The van der Waals surface area contributed by atoms with Gasteiger partial charge in [-0.3, -0.25) is 0 Å². The topological polar surface area (TPSA) is 60.3 Å².